The number of amides is 1. The lowest BCUT2D eigenvalue weighted by Crippen LogP contribution is -2.28. The summed E-state index contributed by atoms with van der Waals surface area (Å²) in [5.41, 5.74) is 2.19. The molecule has 1 amide bonds. The summed E-state index contributed by atoms with van der Waals surface area (Å²) in [5.74, 6) is 0.494. The Bertz CT molecular complexity index is 1510. The standard InChI is InChI=1S/C29H20Cl2N2O2S/c1-2-17-35-26-16-7-19-5-3-4-6-24(19)25(26)18-27-28(34)33(23-14-10-21(31)11-15-23)29(36-27)32-22-12-8-20(30)9-13-22/h2-16,18H,1,17H2/b27-18-,32-29?. The van der Waals surface area contributed by atoms with E-state index < -0.39 is 0 Å². The molecule has 4 aromatic rings. The van der Waals surface area contributed by atoms with E-state index in [0.29, 0.717) is 43.8 Å². The number of thioether (sulfide) groups is 1. The molecule has 7 heteroatoms. The van der Waals surface area contributed by atoms with Gasteiger partial charge in [0.05, 0.1) is 16.3 Å². The third-order valence-electron chi connectivity index (χ3n) is 5.51. The number of fused-ring (bicyclic) bond motifs is 1. The maximum Gasteiger partial charge on any atom is 0.271 e. The zero-order valence-corrected chi connectivity index (χ0v) is 21.4. The third-order valence-corrected chi connectivity index (χ3v) is 6.98. The van der Waals surface area contributed by atoms with Gasteiger partial charge in [0, 0.05) is 15.6 Å². The minimum atomic E-state index is -0.183. The smallest absolute Gasteiger partial charge is 0.271 e. The molecule has 36 heavy (non-hydrogen) atoms. The number of carbonyl (C=O) groups is 1. The van der Waals surface area contributed by atoms with Gasteiger partial charge in [-0.1, -0.05) is 66.2 Å². The Balaban J connectivity index is 1.64. The first-order valence-electron chi connectivity index (χ1n) is 11.1. The molecule has 0 radical (unpaired) electrons. The van der Waals surface area contributed by atoms with E-state index in [4.69, 9.17) is 32.9 Å². The highest BCUT2D eigenvalue weighted by Gasteiger charge is 2.35. The van der Waals surface area contributed by atoms with Gasteiger partial charge in [0.15, 0.2) is 5.17 Å². The molecule has 1 saturated heterocycles. The Morgan fingerprint density at radius 1 is 0.917 bits per heavy atom. The quantitative estimate of drug-likeness (QED) is 0.185. The Labute approximate surface area is 223 Å². The number of halogens is 2. The highest BCUT2D eigenvalue weighted by Crippen LogP contribution is 2.40. The second kappa shape index (κ2) is 10.6. The Morgan fingerprint density at radius 2 is 1.61 bits per heavy atom. The van der Waals surface area contributed by atoms with E-state index in [2.05, 4.69) is 6.58 Å². The van der Waals surface area contributed by atoms with Crippen molar-refractivity contribution in [2.45, 2.75) is 0 Å². The average molecular weight is 531 g/mol. The maximum atomic E-state index is 13.8. The van der Waals surface area contributed by atoms with Crippen molar-refractivity contribution in [3.8, 4) is 5.75 Å². The van der Waals surface area contributed by atoms with Gasteiger partial charge in [-0.05, 0) is 83.2 Å². The number of hydrogen-bond acceptors (Lipinski definition) is 4. The fraction of sp³-hybridized carbons (Fsp3) is 0.0345. The van der Waals surface area contributed by atoms with E-state index in [1.807, 2.05) is 54.6 Å². The van der Waals surface area contributed by atoms with Crippen LogP contribution in [-0.4, -0.2) is 17.7 Å². The van der Waals surface area contributed by atoms with Crippen LogP contribution >= 0.6 is 35.0 Å². The van der Waals surface area contributed by atoms with E-state index >= 15 is 0 Å². The van der Waals surface area contributed by atoms with Gasteiger partial charge in [-0.3, -0.25) is 9.69 Å². The molecule has 0 aliphatic carbocycles. The second-order valence-electron chi connectivity index (χ2n) is 7.90. The van der Waals surface area contributed by atoms with Gasteiger partial charge >= 0.3 is 0 Å². The van der Waals surface area contributed by atoms with Gasteiger partial charge in [-0.25, -0.2) is 4.99 Å². The third kappa shape index (κ3) is 5.05. The second-order valence-corrected chi connectivity index (χ2v) is 9.78. The molecule has 1 heterocycles. The minimum absolute atomic E-state index is 0.183. The molecule has 1 aliphatic heterocycles. The molecular formula is C29H20Cl2N2O2S. The first-order valence-corrected chi connectivity index (χ1v) is 12.7. The van der Waals surface area contributed by atoms with Crippen molar-refractivity contribution in [3.05, 3.63) is 118 Å². The van der Waals surface area contributed by atoms with E-state index in [-0.39, 0.29) is 5.91 Å². The largest absolute Gasteiger partial charge is 0.489 e. The summed E-state index contributed by atoms with van der Waals surface area (Å²) in [5, 5.41) is 3.78. The molecule has 0 N–H and O–H groups in total. The lowest BCUT2D eigenvalue weighted by atomic mass is 10.0. The molecular weight excluding hydrogens is 511 g/mol. The van der Waals surface area contributed by atoms with Crippen LogP contribution in [0.1, 0.15) is 5.56 Å². The van der Waals surface area contributed by atoms with E-state index in [1.165, 1.54) is 11.8 Å². The van der Waals surface area contributed by atoms with Crippen LogP contribution in [0.5, 0.6) is 5.75 Å². The number of nitrogens with zero attached hydrogens (tertiary/aromatic N) is 2. The molecule has 4 aromatic carbocycles. The Kier molecular flexibility index (Phi) is 7.14. The van der Waals surface area contributed by atoms with Gasteiger partial charge in [0.1, 0.15) is 12.4 Å². The molecule has 0 aromatic heterocycles. The lowest BCUT2D eigenvalue weighted by Gasteiger charge is -2.16. The zero-order valence-electron chi connectivity index (χ0n) is 19.0. The topological polar surface area (TPSA) is 41.9 Å². The molecule has 0 bridgehead atoms. The molecule has 0 atom stereocenters. The van der Waals surface area contributed by atoms with Crippen LogP contribution in [0.15, 0.2) is 107 Å². The molecule has 0 spiro atoms. The van der Waals surface area contributed by atoms with Crippen LogP contribution in [0, 0.1) is 0 Å². The van der Waals surface area contributed by atoms with Crippen molar-refractivity contribution in [1.29, 1.82) is 0 Å². The number of ether oxygens (including phenoxy) is 1. The summed E-state index contributed by atoms with van der Waals surface area (Å²) in [6.45, 7) is 4.11. The van der Waals surface area contributed by atoms with Gasteiger partial charge in [0.25, 0.3) is 5.91 Å². The minimum Gasteiger partial charge on any atom is -0.489 e. The summed E-state index contributed by atoms with van der Waals surface area (Å²) in [7, 11) is 0. The number of anilines is 1. The molecule has 5 rings (SSSR count). The van der Waals surface area contributed by atoms with Gasteiger partial charge in [-0.15, -0.1) is 0 Å². The predicted molar refractivity (Wildman–Crippen MR) is 153 cm³/mol. The van der Waals surface area contributed by atoms with Crippen molar-refractivity contribution in [2.75, 3.05) is 11.5 Å². The first kappa shape index (κ1) is 24.2. The zero-order chi connectivity index (χ0) is 25.1. The molecule has 1 fully saturated rings. The van der Waals surface area contributed by atoms with E-state index in [0.717, 1.165) is 16.3 Å². The van der Waals surface area contributed by atoms with Crippen LogP contribution in [0.4, 0.5) is 11.4 Å². The summed E-state index contributed by atoms with van der Waals surface area (Å²) in [6.07, 6.45) is 3.57. The molecule has 4 nitrogen and oxygen atoms in total. The molecule has 1 aliphatic rings. The van der Waals surface area contributed by atoms with Gasteiger partial charge in [0.2, 0.25) is 0 Å². The Hall–Kier alpha value is -3.51. The van der Waals surface area contributed by atoms with Crippen LogP contribution in [-0.2, 0) is 4.79 Å². The van der Waals surface area contributed by atoms with Crippen molar-refractivity contribution < 1.29 is 9.53 Å². The summed E-state index contributed by atoms with van der Waals surface area (Å²) >= 11 is 13.5. The summed E-state index contributed by atoms with van der Waals surface area (Å²) in [4.78, 5) is 20.6. The van der Waals surface area contributed by atoms with Crippen LogP contribution in [0.3, 0.4) is 0 Å². The maximum absolute atomic E-state index is 13.8. The first-order chi connectivity index (χ1) is 17.5. The fourth-order valence-electron chi connectivity index (χ4n) is 3.82. The highest BCUT2D eigenvalue weighted by molar-refractivity contribution is 8.19. The fourth-order valence-corrected chi connectivity index (χ4v) is 5.06. The van der Waals surface area contributed by atoms with Crippen LogP contribution in [0.2, 0.25) is 10.0 Å². The lowest BCUT2D eigenvalue weighted by molar-refractivity contribution is -0.113. The van der Waals surface area contributed by atoms with Crippen molar-refractivity contribution >= 4 is 74.3 Å². The van der Waals surface area contributed by atoms with E-state index in [9.17, 15) is 4.79 Å². The van der Waals surface area contributed by atoms with Gasteiger partial charge < -0.3 is 4.74 Å². The van der Waals surface area contributed by atoms with Crippen molar-refractivity contribution in [3.63, 3.8) is 0 Å². The van der Waals surface area contributed by atoms with Crippen molar-refractivity contribution in [1.82, 2.24) is 0 Å². The number of aliphatic imine (C=N–C) groups is 1. The summed E-state index contributed by atoms with van der Waals surface area (Å²) < 4.78 is 5.94. The number of carbonyl (C=O) groups excluding carboxylic acids is 1. The number of hydrogen-bond donors (Lipinski definition) is 0. The van der Waals surface area contributed by atoms with Crippen LogP contribution in [0.25, 0.3) is 16.8 Å². The molecule has 0 unspecified atom stereocenters. The monoisotopic (exact) mass is 530 g/mol. The number of rotatable bonds is 6. The predicted octanol–water partition coefficient (Wildman–Crippen LogP) is 8.52. The number of benzene rings is 4. The summed E-state index contributed by atoms with van der Waals surface area (Å²) in [6, 6.07) is 26.2. The van der Waals surface area contributed by atoms with Crippen molar-refractivity contribution in [2.24, 2.45) is 4.99 Å². The van der Waals surface area contributed by atoms with E-state index in [1.54, 1.807) is 47.4 Å². The van der Waals surface area contributed by atoms with Crippen LogP contribution < -0.4 is 9.64 Å². The molecule has 0 saturated carbocycles. The van der Waals surface area contributed by atoms with Gasteiger partial charge in [-0.2, -0.15) is 0 Å². The highest BCUT2D eigenvalue weighted by atomic mass is 35.5. The normalized spacial score (nSPS) is 15.7. The SMILES string of the molecule is C=CCOc1ccc2ccccc2c1/C=C1\SC(=Nc2ccc(Cl)cc2)N(c2ccc(Cl)cc2)C1=O. The number of amidine groups is 1. The average Bonchev–Trinajstić information content (AvgIpc) is 3.19. The Morgan fingerprint density at radius 3 is 2.33 bits per heavy atom. The molecule has 178 valence electrons.